The molecule has 8 heteroatoms. The van der Waals surface area contributed by atoms with E-state index in [0.29, 0.717) is 0 Å². The first-order valence-corrected chi connectivity index (χ1v) is 8.94. The number of rotatable bonds is 6. The predicted molar refractivity (Wildman–Crippen MR) is 94.9 cm³/mol. The Balaban J connectivity index is 2.07. The van der Waals surface area contributed by atoms with E-state index >= 15 is 0 Å². The highest BCUT2D eigenvalue weighted by Gasteiger charge is 2.06. The number of hydrogen-bond acceptors (Lipinski definition) is 7. The Morgan fingerprint density at radius 2 is 2.41 bits per heavy atom. The number of hydrazone groups is 1. The number of carbonyl (C=O) groups excluding carboxylic acids is 1. The number of thiazole rings is 1. The number of esters is 1. The number of anilines is 1. The normalized spacial score (nSPS) is 10.9. The largest absolute Gasteiger partial charge is 0.468 e. The molecule has 0 aliphatic carbocycles. The second kappa shape index (κ2) is 8.30. The van der Waals surface area contributed by atoms with Crippen molar-refractivity contribution in [1.82, 2.24) is 4.98 Å². The molecule has 0 radical (unpaired) electrons. The molecule has 0 unspecified atom stereocenters. The lowest BCUT2D eigenvalue weighted by Crippen LogP contribution is -2.03. The quantitative estimate of drug-likeness (QED) is 0.345. The Morgan fingerprint density at radius 1 is 1.59 bits per heavy atom. The highest BCUT2D eigenvalue weighted by atomic mass is 79.9. The van der Waals surface area contributed by atoms with E-state index in [1.807, 2.05) is 30.5 Å². The monoisotopic (exact) mass is 399 g/mol. The Kier molecular flexibility index (Phi) is 6.41. The van der Waals surface area contributed by atoms with Crippen LogP contribution in [0, 0.1) is 6.92 Å². The fourth-order valence-corrected chi connectivity index (χ4v) is 3.54. The fourth-order valence-electron chi connectivity index (χ4n) is 1.50. The summed E-state index contributed by atoms with van der Waals surface area (Å²) in [4.78, 5) is 16.5. The van der Waals surface area contributed by atoms with Gasteiger partial charge in [-0.2, -0.15) is 5.10 Å². The summed E-state index contributed by atoms with van der Waals surface area (Å²) in [6, 6.07) is 5.81. The van der Waals surface area contributed by atoms with Crippen molar-refractivity contribution >= 4 is 56.3 Å². The van der Waals surface area contributed by atoms with Crippen LogP contribution in [-0.2, 0) is 9.53 Å². The van der Waals surface area contributed by atoms with Crippen LogP contribution in [0.4, 0.5) is 5.13 Å². The molecular weight excluding hydrogens is 386 g/mol. The number of carbonyl (C=O) groups is 1. The molecule has 0 spiro atoms. The number of aryl methyl sites for hydroxylation is 1. The number of ether oxygens (including phenoxy) is 1. The van der Waals surface area contributed by atoms with E-state index in [-0.39, 0.29) is 11.7 Å². The van der Waals surface area contributed by atoms with Crippen molar-refractivity contribution in [3.63, 3.8) is 0 Å². The zero-order chi connectivity index (χ0) is 15.9. The van der Waals surface area contributed by atoms with Crippen LogP contribution in [0.2, 0.25) is 0 Å². The molecule has 116 valence electrons. The van der Waals surface area contributed by atoms with Gasteiger partial charge < -0.3 is 4.74 Å². The molecular formula is C14H14BrN3O2S2. The van der Waals surface area contributed by atoms with Gasteiger partial charge in [-0.05, 0) is 19.1 Å². The number of aromatic nitrogens is 1. The minimum absolute atomic E-state index is 0.257. The highest BCUT2D eigenvalue weighted by molar-refractivity contribution is 9.10. The van der Waals surface area contributed by atoms with E-state index in [0.717, 1.165) is 25.8 Å². The lowest BCUT2D eigenvalue weighted by atomic mass is 10.2. The van der Waals surface area contributed by atoms with Crippen molar-refractivity contribution in [1.29, 1.82) is 0 Å². The molecule has 0 aliphatic heterocycles. The maximum absolute atomic E-state index is 11.3. The zero-order valence-corrected chi connectivity index (χ0v) is 15.2. The third-order valence-corrected chi connectivity index (χ3v) is 4.93. The number of benzene rings is 1. The number of nitrogens with zero attached hydrogens (tertiary/aromatic N) is 2. The summed E-state index contributed by atoms with van der Waals surface area (Å²) in [5.74, 6) is -0.00311. The van der Waals surface area contributed by atoms with Crippen LogP contribution in [-0.4, -0.2) is 30.0 Å². The lowest BCUT2D eigenvalue weighted by Gasteiger charge is -2.05. The summed E-state index contributed by atoms with van der Waals surface area (Å²) in [7, 11) is 1.38. The zero-order valence-electron chi connectivity index (χ0n) is 12.0. The summed E-state index contributed by atoms with van der Waals surface area (Å²) in [6.07, 6.45) is 1.71. The highest BCUT2D eigenvalue weighted by Crippen LogP contribution is 2.26. The third kappa shape index (κ3) is 5.11. The summed E-state index contributed by atoms with van der Waals surface area (Å²) >= 11 is 6.34. The smallest absolute Gasteiger partial charge is 0.315 e. The van der Waals surface area contributed by atoms with E-state index in [1.54, 1.807) is 6.21 Å². The lowest BCUT2D eigenvalue weighted by molar-refractivity contribution is -0.137. The van der Waals surface area contributed by atoms with Crippen LogP contribution in [0.3, 0.4) is 0 Å². The van der Waals surface area contributed by atoms with E-state index in [1.165, 1.54) is 30.2 Å². The van der Waals surface area contributed by atoms with Gasteiger partial charge in [-0.25, -0.2) is 4.98 Å². The summed E-state index contributed by atoms with van der Waals surface area (Å²) in [5.41, 5.74) is 4.77. The first-order valence-electron chi connectivity index (χ1n) is 6.29. The SMILES string of the molecule is COC(=O)CSc1cc(Br)ccc1C=NNc1nc(C)cs1. The average Bonchev–Trinajstić information content (AvgIpc) is 2.92. The molecule has 0 aliphatic rings. The Bertz CT molecular complexity index is 688. The van der Waals surface area contributed by atoms with E-state index in [4.69, 9.17) is 0 Å². The molecule has 0 saturated heterocycles. The number of thioether (sulfide) groups is 1. The van der Waals surface area contributed by atoms with E-state index in [2.05, 4.69) is 36.2 Å². The molecule has 0 atom stereocenters. The fraction of sp³-hybridized carbons (Fsp3) is 0.214. The molecule has 2 rings (SSSR count). The summed E-state index contributed by atoms with van der Waals surface area (Å²) < 4.78 is 5.60. The van der Waals surface area contributed by atoms with E-state index in [9.17, 15) is 4.79 Å². The van der Waals surface area contributed by atoms with Crippen LogP contribution in [0.15, 0.2) is 38.0 Å². The Hall–Kier alpha value is -1.38. The van der Waals surface area contributed by atoms with Crippen molar-refractivity contribution in [2.24, 2.45) is 5.10 Å². The number of hydrogen-bond donors (Lipinski definition) is 1. The van der Waals surface area contributed by atoms with Crippen molar-refractivity contribution in [2.45, 2.75) is 11.8 Å². The van der Waals surface area contributed by atoms with Gasteiger partial charge in [0.25, 0.3) is 0 Å². The standard InChI is InChI=1S/C14H14BrN3O2S2/c1-9-7-22-14(17-9)18-16-6-10-3-4-11(15)5-12(10)21-8-13(19)20-2/h3-7H,8H2,1-2H3,(H,17,18). The molecule has 1 aromatic heterocycles. The maximum atomic E-state index is 11.3. The predicted octanol–water partition coefficient (Wildman–Crippen LogP) is 3.93. The minimum Gasteiger partial charge on any atom is -0.468 e. The van der Waals surface area contributed by atoms with Crippen molar-refractivity contribution < 1.29 is 9.53 Å². The number of halogens is 1. The first-order chi connectivity index (χ1) is 10.6. The molecule has 0 fully saturated rings. The van der Waals surface area contributed by atoms with Gasteiger partial charge in [-0.15, -0.1) is 23.1 Å². The Labute approximate surface area is 145 Å². The van der Waals surface area contributed by atoms with Crippen LogP contribution in [0.1, 0.15) is 11.3 Å². The van der Waals surface area contributed by atoms with Crippen molar-refractivity contribution in [3.8, 4) is 0 Å². The summed E-state index contributed by atoms with van der Waals surface area (Å²) in [6.45, 7) is 1.93. The molecule has 0 bridgehead atoms. The van der Waals surface area contributed by atoms with Gasteiger partial charge in [0.1, 0.15) is 0 Å². The molecule has 5 nitrogen and oxygen atoms in total. The van der Waals surface area contributed by atoms with Gasteiger partial charge in [0.2, 0.25) is 5.13 Å². The van der Waals surface area contributed by atoms with Crippen LogP contribution < -0.4 is 5.43 Å². The van der Waals surface area contributed by atoms with Gasteiger partial charge in [0.05, 0.1) is 24.8 Å². The third-order valence-electron chi connectivity index (χ3n) is 2.53. The molecule has 0 saturated carbocycles. The topological polar surface area (TPSA) is 63.6 Å². The minimum atomic E-state index is -0.260. The van der Waals surface area contributed by atoms with Crippen LogP contribution in [0.5, 0.6) is 0 Å². The van der Waals surface area contributed by atoms with Crippen molar-refractivity contribution in [3.05, 3.63) is 39.3 Å². The van der Waals surface area contributed by atoms with E-state index < -0.39 is 0 Å². The van der Waals surface area contributed by atoms with Crippen molar-refractivity contribution in [2.75, 3.05) is 18.3 Å². The molecule has 1 aromatic carbocycles. The van der Waals surface area contributed by atoms with Gasteiger partial charge >= 0.3 is 5.97 Å². The molecule has 0 amide bonds. The van der Waals surface area contributed by atoms with Gasteiger partial charge in [0, 0.05) is 20.3 Å². The van der Waals surface area contributed by atoms with Gasteiger partial charge in [-0.1, -0.05) is 22.0 Å². The van der Waals surface area contributed by atoms with Gasteiger partial charge in [0.15, 0.2) is 0 Å². The summed E-state index contributed by atoms with van der Waals surface area (Å²) in [5, 5.41) is 6.89. The van der Waals surface area contributed by atoms with Crippen LogP contribution >= 0.6 is 39.0 Å². The number of nitrogens with one attached hydrogen (secondary N) is 1. The molecule has 2 aromatic rings. The first kappa shape index (κ1) is 17.0. The van der Waals surface area contributed by atoms with Gasteiger partial charge in [-0.3, -0.25) is 10.2 Å². The Morgan fingerprint density at radius 3 is 3.09 bits per heavy atom. The second-order valence-corrected chi connectivity index (χ2v) is 7.00. The molecule has 22 heavy (non-hydrogen) atoms. The average molecular weight is 400 g/mol. The second-order valence-electron chi connectivity index (χ2n) is 4.21. The maximum Gasteiger partial charge on any atom is 0.315 e. The molecule has 1 heterocycles. The molecule has 1 N–H and O–H groups in total. The van der Waals surface area contributed by atoms with Crippen LogP contribution in [0.25, 0.3) is 0 Å². The number of methoxy groups -OCH3 is 1.